The van der Waals surface area contributed by atoms with E-state index in [2.05, 4.69) is 4.98 Å². The van der Waals surface area contributed by atoms with Gasteiger partial charge in [0, 0.05) is 42.8 Å². The van der Waals surface area contributed by atoms with Crippen LogP contribution in [-0.2, 0) is 0 Å². The second-order valence-corrected chi connectivity index (χ2v) is 6.76. The second-order valence-electron chi connectivity index (χ2n) is 5.88. The van der Waals surface area contributed by atoms with Crippen LogP contribution in [0.3, 0.4) is 0 Å². The molecule has 0 bridgehead atoms. The molecule has 130 valence electrons. The first-order valence-corrected chi connectivity index (χ1v) is 9.55. The van der Waals surface area contributed by atoms with Crippen molar-refractivity contribution in [2.24, 2.45) is 0 Å². The summed E-state index contributed by atoms with van der Waals surface area (Å²) >= 11 is 1.65. The molecule has 1 fully saturated rings. The SMILES string of the molecule is CSc1ccc(C(=O)N2CCCN(C(=O)c3ccccn3)CC2)cc1. The van der Waals surface area contributed by atoms with Crippen LogP contribution in [0, 0.1) is 0 Å². The van der Waals surface area contributed by atoms with Crippen molar-refractivity contribution in [3.63, 3.8) is 0 Å². The van der Waals surface area contributed by atoms with Gasteiger partial charge in [0.2, 0.25) is 0 Å². The van der Waals surface area contributed by atoms with Crippen molar-refractivity contribution in [2.75, 3.05) is 32.4 Å². The largest absolute Gasteiger partial charge is 0.337 e. The molecule has 5 nitrogen and oxygen atoms in total. The fourth-order valence-electron chi connectivity index (χ4n) is 2.89. The van der Waals surface area contributed by atoms with Gasteiger partial charge in [0.15, 0.2) is 0 Å². The van der Waals surface area contributed by atoms with Gasteiger partial charge in [-0.3, -0.25) is 14.6 Å². The molecule has 1 aliphatic heterocycles. The van der Waals surface area contributed by atoms with Crippen molar-refractivity contribution in [1.29, 1.82) is 0 Å². The van der Waals surface area contributed by atoms with Crippen LogP contribution in [0.25, 0.3) is 0 Å². The fraction of sp³-hybridized carbons (Fsp3) is 0.316. The number of carbonyl (C=O) groups is 2. The molecule has 6 heteroatoms. The zero-order chi connectivity index (χ0) is 17.6. The molecule has 1 aliphatic rings. The number of pyridine rings is 1. The van der Waals surface area contributed by atoms with Crippen LogP contribution in [0.4, 0.5) is 0 Å². The highest BCUT2D eigenvalue weighted by Crippen LogP contribution is 2.17. The normalized spacial score (nSPS) is 14.9. The lowest BCUT2D eigenvalue weighted by Crippen LogP contribution is -2.37. The van der Waals surface area contributed by atoms with E-state index in [4.69, 9.17) is 0 Å². The first-order chi connectivity index (χ1) is 12.2. The minimum Gasteiger partial charge on any atom is -0.337 e. The highest BCUT2D eigenvalue weighted by molar-refractivity contribution is 7.98. The summed E-state index contributed by atoms with van der Waals surface area (Å²) in [7, 11) is 0. The van der Waals surface area contributed by atoms with E-state index < -0.39 is 0 Å². The highest BCUT2D eigenvalue weighted by Gasteiger charge is 2.23. The maximum absolute atomic E-state index is 12.7. The number of carbonyl (C=O) groups excluding carboxylic acids is 2. The van der Waals surface area contributed by atoms with Crippen LogP contribution in [0.5, 0.6) is 0 Å². The first kappa shape index (κ1) is 17.5. The molecule has 0 aliphatic carbocycles. The van der Waals surface area contributed by atoms with Crippen LogP contribution in [0.15, 0.2) is 53.6 Å². The summed E-state index contributed by atoms with van der Waals surface area (Å²) in [4.78, 5) is 34.1. The number of hydrogen-bond donors (Lipinski definition) is 0. The van der Waals surface area contributed by atoms with Crippen molar-refractivity contribution in [1.82, 2.24) is 14.8 Å². The quantitative estimate of drug-likeness (QED) is 0.795. The van der Waals surface area contributed by atoms with Crippen molar-refractivity contribution in [3.05, 3.63) is 59.9 Å². The molecule has 0 spiro atoms. The molecule has 0 unspecified atom stereocenters. The maximum Gasteiger partial charge on any atom is 0.272 e. The van der Waals surface area contributed by atoms with Crippen LogP contribution < -0.4 is 0 Å². The summed E-state index contributed by atoms with van der Waals surface area (Å²) in [6, 6.07) is 13.0. The molecule has 1 saturated heterocycles. The van der Waals surface area contributed by atoms with Gasteiger partial charge in [-0.1, -0.05) is 6.07 Å². The Labute approximate surface area is 152 Å². The highest BCUT2D eigenvalue weighted by atomic mass is 32.2. The van der Waals surface area contributed by atoms with Gasteiger partial charge in [0.05, 0.1) is 0 Å². The molecule has 3 rings (SSSR count). The van der Waals surface area contributed by atoms with E-state index in [0.717, 1.165) is 11.3 Å². The number of aromatic nitrogens is 1. The van der Waals surface area contributed by atoms with E-state index in [1.165, 1.54) is 0 Å². The standard InChI is InChI=1S/C19H21N3O2S/c1-25-16-8-6-15(7-9-16)18(23)21-11-4-12-22(14-13-21)19(24)17-5-2-3-10-20-17/h2-3,5-10H,4,11-14H2,1H3. The third-order valence-corrected chi connectivity index (χ3v) is 5.03. The third kappa shape index (κ3) is 4.20. The van der Waals surface area contributed by atoms with Crippen molar-refractivity contribution in [3.8, 4) is 0 Å². The topological polar surface area (TPSA) is 53.5 Å². The van der Waals surface area contributed by atoms with E-state index in [-0.39, 0.29) is 11.8 Å². The predicted molar refractivity (Wildman–Crippen MR) is 98.9 cm³/mol. The van der Waals surface area contributed by atoms with Crippen molar-refractivity contribution < 1.29 is 9.59 Å². The fourth-order valence-corrected chi connectivity index (χ4v) is 3.30. The van der Waals surface area contributed by atoms with Gasteiger partial charge >= 0.3 is 0 Å². The molecule has 0 N–H and O–H groups in total. The lowest BCUT2D eigenvalue weighted by atomic mass is 10.2. The molecule has 25 heavy (non-hydrogen) atoms. The van der Waals surface area contributed by atoms with Gasteiger partial charge in [0.25, 0.3) is 11.8 Å². The number of benzene rings is 1. The van der Waals surface area contributed by atoms with E-state index in [1.807, 2.05) is 41.5 Å². The number of thioether (sulfide) groups is 1. The van der Waals surface area contributed by atoms with Gasteiger partial charge in [-0.15, -0.1) is 11.8 Å². The van der Waals surface area contributed by atoms with E-state index in [0.29, 0.717) is 37.4 Å². The second kappa shape index (κ2) is 8.16. The van der Waals surface area contributed by atoms with Crippen LogP contribution in [-0.4, -0.2) is 59.0 Å². The number of nitrogens with zero attached hydrogens (tertiary/aromatic N) is 3. The van der Waals surface area contributed by atoms with Crippen molar-refractivity contribution in [2.45, 2.75) is 11.3 Å². The predicted octanol–water partition coefficient (Wildman–Crippen LogP) is 2.79. The molecule has 1 aromatic carbocycles. The molecule has 0 saturated carbocycles. The summed E-state index contributed by atoms with van der Waals surface area (Å²) in [5.74, 6) is -0.0426. The zero-order valence-electron chi connectivity index (χ0n) is 14.2. The number of rotatable bonds is 3. The van der Waals surface area contributed by atoms with E-state index >= 15 is 0 Å². The van der Waals surface area contributed by atoms with Gasteiger partial charge < -0.3 is 9.80 Å². The van der Waals surface area contributed by atoms with Gasteiger partial charge in [-0.05, 0) is 49.1 Å². The average Bonchev–Trinajstić information content (AvgIpc) is 2.94. The summed E-state index contributed by atoms with van der Waals surface area (Å²) in [6.45, 7) is 2.38. The molecule has 2 aromatic rings. The maximum atomic E-state index is 12.7. The molecular weight excluding hydrogens is 334 g/mol. The molecule has 0 radical (unpaired) electrons. The smallest absolute Gasteiger partial charge is 0.272 e. The number of amides is 2. The Morgan fingerprint density at radius 1 is 0.920 bits per heavy atom. The average molecular weight is 355 g/mol. The Hall–Kier alpha value is -2.34. The minimum absolute atomic E-state index is 0.0276. The Morgan fingerprint density at radius 2 is 1.60 bits per heavy atom. The molecule has 2 amide bonds. The van der Waals surface area contributed by atoms with E-state index in [9.17, 15) is 9.59 Å². The molecule has 2 heterocycles. The summed E-state index contributed by atoms with van der Waals surface area (Å²) in [5.41, 5.74) is 1.15. The van der Waals surface area contributed by atoms with Crippen molar-refractivity contribution >= 4 is 23.6 Å². The monoisotopic (exact) mass is 355 g/mol. The third-order valence-electron chi connectivity index (χ3n) is 4.29. The molecule has 1 aromatic heterocycles. The Balaban J connectivity index is 1.64. The Bertz CT molecular complexity index is 734. The van der Waals surface area contributed by atoms with Gasteiger partial charge in [0.1, 0.15) is 5.69 Å². The Morgan fingerprint density at radius 3 is 2.20 bits per heavy atom. The summed E-state index contributed by atoms with van der Waals surface area (Å²) in [5, 5.41) is 0. The minimum atomic E-state index is -0.0702. The van der Waals surface area contributed by atoms with Gasteiger partial charge in [-0.2, -0.15) is 0 Å². The van der Waals surface area contributed by atoms with Crippen LogP contribution in [0.2, 0.25) is 0 Å². The molecular formula is C19H21N3O2S. The van der Waals surface area contributed by atoms with E-state index in [1.54, 1.807) is 35.0 Å². The van der Waals surface area contributed by atoms with Crippen LogP contribution in [0.1, 0.15) is 27.3 Å². The molecule has 0 atom stereocenters. The zero-order valence-corrected chi connectivity index (χ0v) is 15.0. The summed E-state index contributed by atoms with van der Waals surface area (Å²) < 4.78 is 0. The van der Waals surface area contributed by atoms with Crippen LogP contribution >= 0.6 is 11.8 Å². The lowest BCUT2D eigenvalue weighted by molar-refractivity contribution is 0.0715. The number of hydrogen-bond acceptors (Lipinski definition) is 4. The summed E-state index contributed by atoms with van der Waals surface area (Å²) in [6.07, 6.45) is 4.41. The van der Waals surface area contributed by atoms with Gasteiger partial charge in [-0.25, -0.2) is 0 Å². The first-order valence-electron chi connectivity index (χ1n) is 8.32. The Kier molecular flexibility index (Phi) is 5.71. The lowest BCUT2D eigenvalue weighted by Gasteiger charge is -2.22.